The van der Waals surface area contributed by atoms with E-state index >= 15 is 0 Å². The average molecular weight is 320 g/mol. The molecule has 1 unspecified atom stereocenters. The monoisotopic (exact) mass is 319 g/mol. The van der Waals surface area contributed by atoms with E-state index in [0.717, 1.165) is 5.56 Å². The minimum Gasteiger partial charge on any atom is -0.481 e. The molecule has 1 rings (SSSR count). The minimum atomic E-state index is -3.45. The van der Waals surface area contributed by atoms with Gasteiger partial charge in [-0.15, -0.1) is 0 Å². The number of carboxylic acids is 1. The molecule has 2 N–H and O–H groups in total. The lowest BCUT2D eigenvalue weighted by molar-refractivity contribution is -0.137. The van der Waals surface area contributed by atoms with Crippen molar-refractivity contribution in [2.24, 2.45) is 0 Å². The van der Waals surface area contributed by atoms with Crippen LogP contribution in [-0.2, 0) is 21.2 Å². The minimum absolute atomic E-state index is 0.106. The van der Waals surface area contributed by atoms with Crippen molar-refractivity contribution in [3.63, 3.8) is 0 Å². The van der Waals surface area contributed by atoms with Crippen LogP contribution in [0.15, 0.2) is 24.3 Å². The molecule has 7 heteroatoms. The molecule has 0 radical (unpaired) electrons. The standard InChI is InChI=1S/C13H18ClNO4S/c1-10(8-11-4-2-5-12(14)9-11)15-20(18,19)7-3-6-13(16)17/h2,4-5,9-10,15H,3,6-8H2,1H3,(H,16,17). The largest absolute Gasteiger partial charge is 0.481 e. The van der Waals surface area contributed by atoms with Gasteiger partial charge in [0.1, 0.15) is 0 Å². The molecule has 0 saturated heterocycles. The number of rotatable bonds is 8. The number of aliphatic carboxylic acids is 1. The van der Waals surface area contributed by atoms with Crippen molar-refractivity contribution in [1.82, 2.24) is 4.72 Å². The lowest BCUT2D eigenvalue weighted by Gasteiger charge is -2.14. The maximum Gasteiger partial charge on any atom is 0.303 e. The van der Waals surface area contributed by atoms with Gasteiger partial charge in [0.25, 0.3) is 0 Å². The highest BCUT2D eigenvalue weighted by molar-refractivity contribution is 7.89. The summed E-state index contributed by atoms with van der Waals surface area (Å²) < 4.78 is 26.0. The van der Waals surface area contributed by atoms with E-state index in [1.165, 1.54) is 0 Å². The predicted molar refractivity (Wildman–Crippen MR) is 78.4 cm³/mol. The third-order valence-electron chi connectivity index (χ3n) is 2.62. The summed E-state index contributed by atoms with van der Waals surface area (Å²) in [4.78, 5) is 10.4. The first-order chi connectivity index (χ1) is 9.28. The highest BCUT2D eigenvalue weighted by atomic mass is 35.5. The van der Waals surface area contributed by atoms with Gasteiger partial charge in [-0.2, -0.15) is 0 Å². The Morgan fingerprint density at radius 1 is 1.45 bits per heavy atom. The van der Waals surface area contributed by atoms with Gasteiger partial charge >= 0.3 is 5.97 Å². The van der Waals surface area contributed by atoms with E-state index in [4.69, 9.17) is 16.7 Å². The van der Waals surface area contributed by atoms with E-state index in [2.05, 4.69) is 4.72 Å². The molecule has 1 aromatic carbocycles. The average Bonchev–Trinajstić information content (AvgIpc) is 2.26. The Morgan fingerprint density at radius 3 is 2.75 bits per heavy atom. The van der Waals surface area contributed by atoms with Crippen LogP contribution >= 0.6 is 11.6 Å². The lowest BCUT2D eigenvalue weighted by Crippen LogP contribution is -2.35. The SMILES string of the molecule is CC(Cc1cccc(Cl)c1)NS(=O)(=O)CCCC(=O)O. The van der Waals surface area contributed by atoms with Crippen molar-refractivity contribution in [3.05, 3.63) is 34.9 Å². The second-order valence-corrected chi connectivity index (χ2v) is 6.98. The van der Waals surface area contributed by atoms with Gasteiger partial charge < -0.3 is 5.11 Å². The molecule has 0 aromatic heterocycles. The summed E-state index contributed by atoms with van der Waals surface area (Å²) in [5.41, 5.74) is 0.943. The van der Waals surface area contributed by atoms with Crippen LogP contribution in [-0.4, -0.2) is 31.3 Å². The smallest absolute Gasteiger partial charge is 0.303 e. The fourth-order valence-electron chi connectivity index (χ4n) is 1.84. The third kappa shape index (κ3) is 6.88. The zero-order chi connectivity index (χ0) is 15.2. The molecule has 0 amide bonds. The second-order valence-electron chi connectivity index (χ2n) is 4.67. The molecule has 0 bridgehead atoms. The van der Waals surface area contributed by atoms with Crippen LogP contribution in [0.2, 0.25) is 5.02 Å². The number of hydrogen-bond donors (Lipinski definition) is 2. The fraction of sp³-hybridized carbons (Fsp3) is 0.462. The molecule has 1 aromatic rings. The summed E-state index contributed by atoms with van der Waals surface area (Å²) in [6.45, 7) is 1.76. The molecular weight excluding hydrogens is 302 g/mol. The van der Waals surface area contributed by atoms with Crippen molar-refractivity contribution in [2.75, 3.05) is 5.75 Å². The maximum atomic E-state index is 11.7. The Bertz CT molecular complexity index is 559. The molecule has 0 aliphatic carbocycles. The zero-order valence-corrected chi connectivity index (χ0v) is 12.7. The Morgan fingerprint density at radius 2 is 2.15 bits per heavy atom. The van der Waals surface area contributed by atoms with Gasteiger partial charge in [-0.1, -0.05) is 23.7 Å². The number of carbonyl (C=O) groups is 1. The van der Waals surface area contributed by atoms with Crippen LogP contribution in [0.1, 0.15) is 25.3 Å². The van der Waals surface area contributed by atoms with E-state index in [-0.39, 0.29) is 24.6 Å². The molecule has 0 aliphatic heterocycles. The Kier molecular flexibility index (Phi) is 6.45. The van der Waals surface area contributed by atoms with Gasteiger partial charge in [-0.3, -0.25) is 4.79 Å². The van der Waals surface area contributed by atoms with E-state index < -0.39 is 16.0 Å². The summed E-state index contributed by atoms with van der Waals surface area (Å²) in [7, 11) is -3.45. The van der Waals surface area contributed by atoms with Gasteiger partial charge in [-0.25, -0.2) is 13.1 Å². The number of carboxylic acid groups (broad SMARTS) is 1. The lowest BCUT2D eigenvalue weighted by atomic mass is 10.1. The maximum absolute atomic E-state index is 11.7. The predicted octanol–water partition coefficient (Wildman–Crippen LogP) is 2.06. The first-order valence-corrected chi connectivity index (χ1v) is 8.28. The van der Waals surface area contributed by atoms with Crippen molar-refractivity contribution < 1.29 is 18.3 Å². The number of halogens is 1. The summed E-state index contributed by atoms with van der Waals surface area (Å²) in [6.07, 6.45) is 0.483. The zero-order valence-electron chi connectivity index (χ0n) is 11.2. The van der Waals surface area contributed by atoms with E-state index in [1.54, 1.807) is 19.1 Å². The Labute approximate surface area is 124 Å². The van der Waals surface area contributed by atoms with Gasteiger partial charge in [0.15, 0.2) is 0 Å². The molecule has 0 spiro atoms. The van der Waals surface area contributed by atoms with Gasteiger partial charge in [0.05, 0.1) is 5.75 Å². The van der Waals surface area contributed by atoms with Crippen LogP contribution in [0.3, 0.4) is 0 Å². The molecular formula is C13H18ClNO4S. The van der Waals surface area contributed by atoms with Crippen LogP contribution in [0, 0.1) is 0 Å². The van der Waals surface area contributed by atoms with Crippen LogP contribution in [0.5, 0.6) is 0 Å². The first-order valence-electron chi connectivity index (χ1n) is 6.25. The van der Waals surface area contributed by atoms with Crippen molar-refractivity contribution in [1.29, 1.82) is 0 Å². The summed E-state index contributed by atoms with van der Waals surface area (Å²) >= 11 is 5.87. The normalized spacial score (nSPS) is 13.1. The molecule has 20 heavy (non-hydrogen) atoms. The van der Waals surface area contributed by atoms with Gasteiger partial charge in [0, 0.05) is 17.5 Å². The highest BCUT2D eigenvalue weighted by Gasteiger charge is 2.15. The summed E-state index contributed by atoms with van der Waals surface area (Å²) in [5, 5.41) is 9.10. The molecule has 0 aliphatic rings. The van der Waals surface area contributed by atoms with Gasteiger partial charge in [-0.05, 0) is 37.5 Å². The van der Waals surface area contributed by atoms with Crippen molar-refractivity contribution in [3.8, 4) is 0 Å². The van der Waals surface area contributed by atoms with E-state index in [1.807, 2.05) is 12.1 Å². The van der Waals surface area contributed by atoms with Crippen molar-refractivity contribution in [2.45, 2.75) is 32.2 Å². The van der Waals surface area contributed by atoms with Crippen molar-refractivity contribution >= 4 is 27.6 Å². The quantitative estimate of drug-likeness (QED) is 0.768. The highest BCUT2D eigenvalue weighted by Crippen LogP contribution is 2.12. The van der Waals surface area contributed by atoms with E-state index in [0.29, 0.717) is 11.4 Å². The van der Waals surface area contributed by atoms with Crippen LogP contribution in [0.25, 0.3) is 0 Å². The number of nitrogens with one attached hydrogen (secondary N) is 1. The molecule has 0 fully saturated rings. The number of benzene rings is 1. The van der Waals surface area contributed by atoms with Gasteiger partial charge in [0.2, 0.25) is 10.0 Å². The summed E-state index contributed by atoms with van der Waals surface area (Å²) in [5.74, 6) is -1.17. The molecule has 112 valence electrons. The molecule has 0 heterocycles. The number of sulfonamides is 1. The topological polar surface area (TPSA) is 83.5 Å². The second kappa shape index (κ2) is 7.61. The first kappa shape index (κ1) is 16.9. The molecule has 0 saturated carbocycles. The molecule has 1 atom stereocenters. The number of hydrogen-bond acceptors (Lipinski definition) is 3. The fourth-order valence-corrected chi connectivity index (χ4v) is 3.39. The van der Waals surface area contributed by atoms with E-state index in [9.17, 15) is 13.2 Å². The third-order valence-corrected chi connectivity index (χ3v) is 4.44. The molecule has 5 nitrogen and oxygen atoms in total. The Balaban J connectivity index is 2.48. The Hall–Kier alpha value is -1.11. The van der Waals surface area contributed by atoms with Crippen LogP contribution < -0.4 is 4.72 Å². The van der Waals surface area contributed by atoms with Crippen LogP contribution in [0.4, 0.5) is 0 Å². The summed E-state index contributed by atoms with van der Waals surface area (Å²) in [6, 6.07) is 6.96.